The van der Waals surface area contributed by atoms with Crippen molar-refractivity contribution in [3.8, 4) is 0 Å². The molecule has 13 heteroatoms. The number of rotatable bonds is 4. The highest BCUT2D eigenvalue weighted by Crippen LogP contribution is 2.13. The molecule has 156 valence electrons. The Morgan fingerprint density at radius 3 is 1.75 bits per heavy atom. The van der Waals surface area contributed by atoms with Crippen LogP contribution in [0.25, 0.3) is 0 Å². The van der Waals surface area contributed by atoms with Gasteiger partial charge in [0.05, 0.1) is 21.9 Å². The number of nitrogens with zero attached hydrogens (tertiary/aromatic N) is 4. The molecule has 2 heterocycles. The summed E-state index contributed by atoms with van der Waals surface area (Å²) in [6.45, 7) is 2.81. The molecule has 0 aliphatic rings. The summed E-state index contributed by atoms with van der Waals surface area (Å²) in [6.07, 6.45) is 6.04. The maximum absolute atomic E-state index is 10.9. The molecule has 1 atom stereocenters. The van der Waals surface area contributed by atoms with Crippen molar-refractivity contribution in [1.82, 2.24) is 19.9 Å². The van der Waals surface area contributed by atoms with Crippen molar-refractivity contribution in [2.24, 2.45) is 0 Å². The van der Waals surface area contributed by atoms with Gasteiger partial charge in [0, 0.05) is 55.9 Å². The number of carbonyl (C=O) groups excluding carboxylic acids is 2. The first-order valence-electron chi connectivity index (χ1n) is 6.96. The van der Waals surface area contributed by atoms with Crippen LogP contribution in [0.4, 0.5) is 11.6 Å². The summed E-state index contributed by atoms with van der Waals surface area (Å²) in [5.74, 6) is 0.0145. The van der Waals surface area contributed by atoms with Crippen molar-refractivity contribution in [3.63, 3.8) is 0 Å². The molecule has 0 aliphatic carbocycles. The van der Waals surface area contributed by atoms with Crippen molar-refractivity contribution < 1.29 is 13.8 Å². The molecule has 9 nitrogen and oxygen atoms in total. The van der Waals surface area contributed by atoms with Crippen LogP contribution in [0, 0.1) is 0 Å². The SMILES string of the molecule is C.CC(=O)c1cnc(S(C)=O)nc1N.CSc1ncc(C(C)=O)c(N)n1.II. The number of thioether (sulfide) groups is 1. The maximum Gasteiger partial charge on any atom is 0.220 e. The summed E-state index contributed by atoms with van der Waals surface area (Å²) < 4.78 is 10.9. The monoisotopic (exact) mass is 652 g/mol. The molecule has 0 spiro atoms. The number of nitrogen functional groups attached to an aromatic ring is 2. The third-order valence-corrected chi connectivity index (χ3v) is 4.06. The van der Waals surface area contributed by atoms with E-state index in [1.54, 1.807) is 0 Å². The summed E-state index contributed by atoms with van der Waals surface area (Å²) in [4.78, 5) is 37.2. The van der Waals surface area contributed by atoms with Gasteiger partial charge < -0.3 is 11.5 Å². The summed E-state index contributed by atoms with van der Waals surface area (Å²) in [5, 5.41) is 0.722. The Hall–Kier alpha value is -0.940. The molecule has 0 saturated heterocycles. The maximum atomic E-state index is 10.9. The minimum absolute atomic E-state index is 0. The average Bonchev–Trinajstić information content (AvgIpc) is 2.63. The molecule has 2 aromatic heterocycles. The molecule has 0 saturated carbocycles. The number of anilines is 2. The van der Waals surface area contributed by atoms with Crippen LogP contribution >= 0.6 is 49.0 Å². The molecule has 2 rings (SSSR count). The highest BCUT2D eigenvalue weighted by atomic mass is 128. The van der Waals surface area contributed by atoms with Gasteiger partial charge in [0.1, 0.15) is 11.6 Å². The highest BCUT2D eigenvalue weighted by molar-refractivity contribution is 15.0. The molecule has 4 N–H and O–H groups in total. The molecule has 0 amide bonds. The summed E-state index contributed by atoms with van der Waals surface area (Å²) in [5.41, 5.74) is 11.6. The average molecular weight is 652 g/mol. The summed E-state index contributed by atoms with van der Waals surface area (Å²) >= 11 is 5.63. The largest absolute Gasteiger partial charge is 0.383 e. The molecule has 28 heavy (non-hydrogen) atoms. The molecule has 0 bridgehead atoms. The Labute approximate surface area is 194 Å². The molecule has 0 fully saturated rings. The number of halogens is 2. The second-order valence-corrected chi connectivity index (χ2v) is 6.72. The van der Waals surface area contributed by atoms with Gasteiger partial charge in [-0.25, -0.2) is 19.9 Å². The van der Waals surface area contributed by atoms with Gasteiger partial charge in [0.25, 0.3) is 0 Å². The summed E-state index contributed by atoms with van der Waals surface area (Å²) in [6, 6.07) is 0. The fourth-order valence-electron chi connectivity index (χ4n) is 1.54. The van der Waals surface area contributed by atoms with E-state index in [1.807, 2.05) is 6.26 Å². The number of ketones is 2. The zero-order valence-corrected chi connectivity index (χ0v) is 20.8. The molecule has 0 aliphatic heterocycles. The van der Waals surface area contributed by atoms with Crippen LogP contribution in [0.3, 0.4) is 0 Å². The molecule has 2 aromatic rings. The van der Waals surface area contributed by atoms with Gasteiger partial charge in [-0.05, 0) is 20.1 Å². The number of hydrogen-bond acceptors (Lipinski definition) is 10. The zero-order valence-electron chi connectivity index (χ0n) is 14.9. The minimum Gasteiger partial charge on any atom is -0.383 e. The lowest BCUT2D eigenvalue weighted by molar-refractivity contribution is 0.100. The number of Topliss-reactive ketones (excluding diaryl/α,β-unsaturated/α-hetero) is 2. The van der Waals surface area contributed by atoms with Crippen molar-refractivity contribution in [1.29, 1.82) is 0 Å². The van der Waals surface area contributed by atoms with Gasteiger partial charge in [-0.1, -0.05) is 19.2 Å². The van der Waals surface area contributed by atoms with Gasteiger partial charge >= 0.3 is 0 Å². The molecule has 0 radical (unpaired) electrons. The second-order valence-electron chi connectivity index (χ2n) is 4.67. The van der Waals surface area contributed by atoms with E-state index in [9.17, 15) is 13.8 Å². The van der Waals surface area contributed by atoms with Crippen molar-refractivity contribution in [2.75, 3.05) is 24.0 Å². The Kier molecular flexibility index (Phi) is 15.6. The van der Waals surface area contributed by atoms with Crippen LogP contribution in [-0.4, -0.2) is 48.2 Å². The first-order valence-corrected chi connectivity index (χ1v) is 16.0. The third-order valence-electron chi connectivity index (χ3n) is 2.79. The van der Waals surface area contributed by atoms with Gasteiger partial charge in [0.15, 0.2) is 16.7 Å². The van der Waals surface area contributed by atoms with Gasteiger partial charge in [-0.3, -0.25) is 13.8 Å². The molecule has 1 unspecified atom stereocenters. The Bertz CT molecular complexity index is 839. The van der Waals surface area contributed by atoms with E-state index in [2.05, 4.69) is 57.2 Å². The van der Waals surface area contributed by atoms with E-state index in [1.165, 1.54) is 44.3 Å². The zero-order chi connectivity index (χ0) is 21.1. The molecular formula is C15H22I2N6O3S2. The van der Waals surface area contributed by atoms with Crippen LogP contribution in [0.15, 0.2) is 22.7 Å². The van der Waals surface area contributed by atoms with E-state index < -0.39 is 10.8 Å². The van der Waals surface area contributed by atoms with Crippen molar-refractivity contribution in [3.05, 3.63) is 23.5 Å². The standard InChI is InChI=1S/C7H9N3O2S.C7H9N3OS.CH4.I2/c1-4(11)5-3-9-7(13(2)12)10-6(5)8;1-4(11)5-3-9-7(12-2)10-6(5)8;;1-2/h3H,1-2H3,(H2,8,9,10);3H,1-2H3,(H2,8,9,10);1H4;. The smallest absolute Gasteiger partial charge is 0.220 e. The normalized spacial score (nSPS) is 10.2. The van der Waals surface area contributed by atoms with Gasteiger partial charge in [0.2, 0.25) is 5.16 Å². The summed E-state index contributed by atoms with van der Waals surface area (Å²) in [7, 11) is -1.27. The molecular weight excluding hydrogens is 630 g/mol. The lowest BCUT2D eigenvalue weighted by Crippen LogP contribution is -2.07. The first kappa shape index (κ1) is 29.3. The van der Waals surface area contributed by atoms with Crippen molar-refractivity contribution >= 4 is 83.0 Å². The third kappa shape index (κ3) is 9.51. The number of aromatic nitrogens is 4. The predicted molar refractivity (Wildman–Crippen MR) is 132 cm³/mol. The van der Waals surface area contributed by atoms with Crippen LogP contribution in [0.1, 0.15) is 42.0 Å². The molecule has 0 aromatic carbocycles. The Morgan fingerprint density at radius 2 is 1.43 bits per heavy atom. The van der Waals surface area contributed by atoms with Crippen LogP contribution in [-0.2, 0) is 10.8 Å². The van der Waals surface area contributed by atoms with Crippen LogP contribution in [0.2, 0.25) is 0 Å². The lowest BCUT2D eigenvalue weighted by atomic mass is 10.2. The number of carbonyl (C=O) groups is 2. The Morgan fingerprint density at radius 1 is 1.00 bits per heavy atom. The number of hydrogen-bond donors (Lipinski definition) is 2. The number of nitrogens with two attached hydrogens (primary N) is 2. The minimum atomic E-state index is -1.27. The van der Waals surface area contributed by atoms with E-state index in [4.69, 9.17) is 11.5 Å². The quantitative estimate of drug-likeness (QED) is 0.218. The van der Waals surface area contributed by atoms with Gasteiger partial charge in [-0.15, -0.1) is 0 Å². The van der Waals surface area contributed by atoms with Gasteiger partial charge in [-0.2, -0.15) is 0 Å². The van der Waals surface area contributed by atoms with E-state index in [0.29, 0.717) is 10.7 Å². The Balaban J connectivity index is 0. The second kappa shape index (κ2) is 15.0. The van der Waals surface area contributed by atoms with Crippen LogP contribution in [0.5, 0.6) is 0 Å². The lowest BCUT2D eigenvalue weighted by Gasteiger charge is -2.00. The predicted octanol–water partition coefficient (Wildman–Crippen LogP) is 3.39. The fourth-order valence-corrected chi connectivity index (χ4v) is 2.31. The van der Waals surface area contributed by atoms with E-state index in [0.717, 1.165) is 0 Å². The topological polar surface area (TPSA) is 155 Å². The first-order chi connectivity index (χ1) is 12.7. The fraction of sp³-hybridized carbons (Fsp3) is 0.333. The van der Waals surface area contributed by atoms with E-state index in [-0.39, 0.29) is 41.3 Å². The van der Waals surface area contributed by atoms with Crippen molar-refractivity contribution in [2.45, 2.75) is 31.6 Å². The van der Waals surface area contributed by atoms with Crippen LogP contribution < -0.4 is 11.5 Å². The van der Waals surface area contributed by atoms with E-state index >= 15 is 0 Å². The highest BCUT2D eigenvalue weighted by Gasteiger charge is 2.09.